The van der Waals surface area contributed by atoms with Crippen LogP contribution in [-0.4, -0.2) is 22.1 Å². The second-order valence-corrected chi connectivity index (χ2v) is 5.89. The summed E-state index contributed by atoms with van der Waals surface area (Å²) >= 11 is 0. The SMILES string of the molecule is CCCCCCC(Cn1cnc2ccccc21)NCCC. The average molecular weight is 287 g/mol. The Balaban J connectivity index is 1.96. The molecule has 3 nitrogen and oxygen atoms in total. The molecule has 1 aromatic heterocycles. The summed E-state index contributed by atoms with van der Waals surface area (Å²) in [5.41, 5.74) is 2.34. The van der Waals surface area contributed by atoms with E-state index < -0.39 is 0 Å². The molecule has 1 aromatic carbocycles. The van der Waals surface area contributed by atoms with Crippen LogP contribution < -0.4 is 5.32 Å². The normalized spacial score (nSPS) is 12.9. The van der Waals surface area contributed by atoms with Crippen molar-refractivity contribution < 1.29 is 0 Å². The maximum absolute atomic E-state index is 4.50. The highest BCUT2D eigenvalue weighted by Gasteiger charge is 2.10. The van der Waals surface area contributed by atoms with E-state index in [1.165, 1.54) is 44.0 Å². The third-order valence-corrected chi connectivity index (χ3v) is 4.03. The molecule has 1 unspecified atom stereocenters. The Morgan fingerprint density at radius 2 is 1.95 bits per heavy atom. The molecular formula is C18H29N3. The molecule has 0 radical (unpaired) electrons. The number of imidazole rings is 1. The van der Waals surface area contributed by atoms with E-state index in [0.717, 1.165) is 18.6 Å². The smallest absolute Gasteiger partial charge is 0.0958 e. The fraction of sp³-hybridized carbons (Fsp3) is 0.611. The molecule has 1 N–H and O–H groups in total. The number of benzene rings is 1. The molecule has 21 heavy (non-hydrogen) atoms. The standard InChI is InChI=1S/C18H29N3/c1-3-5-6-7-10-16(19-13-4-2)14-21-15-20-17-11-8-9-12-18(17)21/h8-9,11-12,15-16,19H,3-7,10,13-14H2,1-2H3. The Labute approximate surface area is 128 Å². The van der Waals surface area contributed by atoms with Crippen LogP contribution in [0.1, 0.15) is 52.4 Å². The maximum atomic E-state index is 4.50. The fourth-order valence-corrected chi connectivity index (χ4v) is 2.82. The molecule has 1 atom stereocenters. The van der Waals surface area contributed by atoms with Crippen molar-refractivity contribution in [2.24, 2.45) is 0 Å². The van der Waals surface area contributed by atoms with Crippen LogP contribution in [0.4, 0.5) is 0 Å². The molecule has 1 heterocycles. The van der Waals surface area contributed by atoms with Crippen LogP contribution in [0.15, 0.2) is 30.6 Å². The number of fused-ring (bicyclic) bond motifs is 1. The maximum Gasteiger partial charge on any atom is 0.0958 e. The zero-order chi connectivity index (χ0) is 14.9. The largest absolute Gasteiger partial charge is 0.329 e. The van der Waals surface area contributed by atoms with Gasteiger partial charge in [-0.3, -0.25) is 0 Å². The summed E-state index contributed by atoms with van der Waals surface area (Å²) in [7, 11) is 0. The van der Waals surface area contributed by atoms with Crippen molar-refractivity contribution in [3.05, 3.63) is 30.6 Å². The van der Waals surface area contributed by atoms with Gasteiger partial charge in [-0.15, -0.1) is 0 Å². The van der Waals surface area contributed by atoms with Crippen LogP contribution in [0.5, 0.6) is 0 Å². The summed E-state index contributed by atoms with van der Waals surface area (Å²) in [6, 6.07) is 8.95. The Morgan fingerprint density at radius 3 is 2.76 bits per heavy atom. The minimum atomic E-state index is 0.555. The Morgan fingerprint density at radius 1 is 1.10 bits per heavy atom. The molecule has 0 saturated carbocycles. The number of para-hydroxylation sites is 2. The van der Waals surface area contributed by atoms with Gasteiger partial charge >= 0.3 is 0 Å². The third kappa shape index (κ3) is 4.85. The first-order valence-corrected chi connectivity index (χ1v) is 8.48. The van der Waals surface area contributed by atoms with E-state index in [-0.39, 0.29) is 0 Å². The first-order chi connectivity index (χ1) is 10.3. The zero-order valence-corrected chi connectivity index (χ0v) is 13.5. The summed E-state index contributed by atoms with van der Waals surface area (Å²) < 4.78 is 2.29. The van der Waals surface area contributed by atoms with Crippen molar-refractivity contribution in [2.45, 2.75) is 65.0 Å². The number of aromatic nitrogens is 2. The molecule has 3 heteroatoms. The molecule has 116 valence electrons. The van der Waals surface area contributed by atoms with Gasteiger partial charge in [0.2, 0.25) is 0 Å². The van der Waals surface area contributed by atoms with Gasteiger partial charge < -0.3 is 9.88 Å². The molecule has 2 rings (SSSR count). The summed E-state index contributed by atoms with van der Waals surface area (Å²) in [6.07, 6.45) is 9.76. The molecule has 0 aliphatic carbocycles. The van der Waals surface area contributed by atoms with Crippen molar-refractivity contribution in [1.29, 1.82) is 0 Å². The second kappa shape index (κ2) is 8.83. The third-order valence-electron chi connectivity index (χ3n) is 4.03. The van der Waals surface area contributed by atoms with Crippen LogP contribution in [-0.2, 0) is 6.54 Å². The van der Waals surface area contributed by atoms with Gasteiger partial charge in [0.25, 0.3) is 0 Å². The molecule has 0 amide bonds. The van der Waals surface area contributed by atoms with E-state index >= 15 is 0 Å². The van der Waals surface area contributed by atoms with Gasteiger partial charge in [-0.2, -0.15) is 0 Å². The van der Waals surface area contributed by atoms with Crippen LogP contribution in [0.2, 0.25) is 0 Å². The summed E-state index contributed by atoms with van der Waals surface area (Å²) in [5, 5.41) is 3.70. The summed E-state index contributed by atoms with van der Waals surface area (Å²) in [5.74, 6) is 0. The minimum Gasteiger partial charge on any atom is -0.329 e. The lowest BCUT2D eigenvalue weighted by atomic mass is 10.1. The van der Waals surface area contributed by atoms with Crippen molar-refractivity contribution in [3.8, 4) is 0 Å². The Bertz CT molecular complexity index is 518. The minimum absolute atomic E-state index is 0.555. The average Bonchev–Trinajstić information content (AvgIpc) is 2.92. The first kappa shape index (κ1) is 16.0. The van der Waals surface area contributed by atoms with Gasteiger partial charge in [0, 0.05) is 12.6 Å². The number of unbranched alkanes of at least 4 members (excludes halogenated alkanes) is 3. The van der Waals surface area contributed by atoms with Gasteiger partial charge in [-0.25, -0.2) is 4.98 Å². The molecule has 0 bridgehead atoms. The van der Waals surface area contributed by atoms with Crippen LogP contribution in [0.3, 0.4) is 0 Å². The first-order valence-electron chi connectivity index (χ1n) is 8.48. The molecule has 0 aliphatic heterocycles. The molecule has 0 aliphatic rings. The second-order valence-electron chi connectivity index (χ2n) is 5.89. The lowest BCUT2D eigenvalue weighted by molar-refractivity contribution is 0.411. The van der Waals surface area contributed by atoms with Crippen molar-refractivity contribution >= 4 is 11.0 Å². The van der Waals surface area contributed by atoms with Crippen molar-refractivity contribution in [2.75, 3.05) is 6.54 Å². The van der Waals surface area contributed by atoms with Crippen molar-refractivity contribution in [1.82, 2.24) is 14.9 Å². The van der Waals surface area contributed by atoms with Gasteiger partial charge in [0.05, 0.1) is 17.4 Å². The number of hydrogen-bond donors (Lipinski definition) is 1. The summed E-state index contributed by atoms with van der Waals surface area (Å²) in [4.78, 5) is 4.50. The molecule has 0 fully saturated rings. The van der Waals surface area contributed by atoms with Gasteiger partial charge in [-0.05, 0) is 31.5 Å². The lowest BCUT2D eigenvalue weighted by Gasteiger charge is -2.19. The Kier molecular flexibility index (Phi) is 6.74. The predicted octanol–water partition coefficient (Wildman–Crippen LogP) is 4.37. The fourth-order valence-electron chi connectivity index (χ4n) is 2.82. The van der Waals surface area contributed by atoms with Crippen LogP contribution in [0.25, 0.3) is 11.0 Å². The quantitative estimate of drug-likeness (QED) is 0.657. The molecule has 2 aromatic rings. The predicted molar refractivity (Wildman–Crippen MR) is 90.6 cm³/mol. The monoisotopic (exact) mass is 287 g/mol. The lowest BCUT2D eigenvalue weighted by Crippen LogP contribution is -2.33. The van der Waals surface area contributed by atoms with Crippen LogP contribution in [0, 0.1) is 0 Å². The highest BCUT2D eigenvalue weighted by molar-refractivity contribution is 5.74. The van der Waals surface area contributed by atoms with E-state index in [4.69, 9.17) is 0 Å². The number of nitrogens with one attached hydrogen (secondary N) is 1. The number of nitrogens with zero attached hydrogens (tertiary/aromatic N) is 2. The summed E-state index contributed by atoms with van der Waals surface area (Å²) in [6.45, 7) is 6.62. The van der Waals surface area contributed by atoms with Crippen LogP contribution >= 0.6 is 0 Å². The zero-order valence-electron chi connectivity index (χ0n) is 13.5. The number of hydrogen-bond acceptors (Lipinski definition) is 2. The van der Waals surface area contributed by atoms with E-state index in [2.05, 4.69) is 53.0 Å². The topological polar surface area (TPSA) is 29.9 Å². The van der Waals surface area contributed by atoms with E-state index in [9.17, 15) is 0 Å². The molecule has 0 saturated heterocycles. The van der Waals surface area contributed by atoms with Gasteiger partial charge in [-0.1, -0.05) is 51.7 Å². The molecule has 0 spiro atoms. The van der Waals surface area contributed by atoms with Gasteiger partial charge in [0.1, 0.15) is 0 Å². The molecular weight excluding hydrogens is 258 g/mol. The Hall–Kier alpha value is -1.35. The van der Waals surface area contributed by atoms with Gasteiger partial charge in [0.15, 0.2) is 0 Å². The van der Waals surface area contributed by atoms with E-state index in [0.29, 0.717) is 6.04 Å². The van der Waals surface area contributed by atoms with E-state index in [1.54, 1.807) is 0 Å². The number of rotatable bonds is 10. The van der Waals surface area contributed by atoms with Crippen molar-refractivity contribution in [3.63, 3.8) is 0 Å². The highest BCUT2D eigenvalue weighted by Crippen LogP contribution is 2.14. The highest BCUT2D eigenvalue weighted by atomic mass is 15.1. The van der Waals surface area contributed by atoms with E-state index in [1.807, 2.05) is 6.33 Å².